The number of ether oxygens (including phenoxy) is 1. The van der Waals surface area contributed by atoms with Gasteiger partial charge in [0.25, 0.3) is 0 Å². The molecule has 3 N–H and O–H groups in total. The Morgan fingerprint density at radius 1 is 1.16 bits per heavy atom. The largest absolute Gasteiger partial charge is 0.466 e. The van der Waals surface area contributed by atoms with Gasteiger partial charge in [-0.2, -0.15) is 0 Å². The van der Waals surface area contributed by atoms with Crippen LogP contribution in [0.25, 0.3) is 0 Å². The number of hydrogen-bond acceptors (Lipinski definition) is 5. The Morgan fingerprint density at radius 2 is 1.88 bits per heavy atom. The second-order valence-corrected chi connectivity index (χ2v) is 6.11. The van der Waals surface area contributed by atoms with E-state index in [1.165, 1.54) is 12.7 Å². The minimum Gasteiger partial charge on any atom is -0.466 e. The first kappa shape index (κ1) is 17.0. The fraction of sp³-hybridized carbons (Fsp3) is 0.250. The van der Waals surface area contributed by atoms with E-state index in [1.807, 2.05) is 42.5 Å². The van der Waals surface area contributed by atoms with Gasteiger partial charge in [-0.25, -0.2) is 4.79 Å². The Morgan fingerprint density at radius 3 is 2.60 bits per heavy atom. The summed E-state index contributed by atoms with van der Waals surface area (Å²) in [6, 6.07) is 17.8. The molecule has 25 heavy (non-hydrogen) atoms. The Kier molecular flexibility index (Phi) is 5.36. The van der Waals surface area contributed by atoms with Crippen LogP contribution in [0.15, 0.2) is 65.9 Å². The van der Waals surface area contributed by atoms with Gasteiger partial charge in [0, 0.05) is 31.8 Å². The predicted molar refractivity (Wildman–Crippen MR) is 99.9 cm³/mol. The van der Waals surface area contributed by atoms with Gasteiger partial charge in [-0.05, 0) is 17.7 Å². The Labute approximate surface area is 148 Å². The van der Waals surface area contributed by atoms with E-state index in [1.54, 1.807) is 0 Å². The van der Waals surface area contributed by atoms with E-state index in [0.29, 0.717) is 17.8 Å². The van der Waals surface area contributed by atoms with Crippen molar-refractivity contribution in [1.29, 1.82) is 0 Å². The fourth-order valence-electron chi connectivity index (χ4n) is 3.02. The van der Waals surface area contributed by atoms with Crippen LogP contribution in [0.4, 0.5) is 11.4 Å². The summed E-state index contributed by atoms with van der Waals surface area (Å²) in [7, 11) is 1.42. The standard InChI is InChI=1S/C20H23N3O2/c1-25-20(24)16-14-23(13-15-7-3-2-4-8-15)12-11-18(16)22-19-10-6-5-9-17(19)21/h2-10,22H,11-14,21H2,1H3. The molecule has 0 bridgehead atoms. The van der Waals surface area contributed by atoms with E-state index in [9.17, 15) is 4.79 Å². The van der Waals surface area contributed by atoms with E-state index in [0.717, 1.165) is 30.9 Å². The second-order valence-electron chi connectivity index (χ2n) is 6.11. The van der Waals surface area contributed by atoms with Crippen LogP contribution in [0.5, 0.6) is 0 Å². The van der Waals surface area contributed by atoms with Crippen LogP contribution in [0, 0.1) is 0 Å². The van der Waals surface area contributed by atoms with Crippen molar-refractivity contribution in [2.24, 2.45) is 0 Å². The molecule has 0 atom stereocenters. The number of anilines is 2. The molecule has 0 unspecified atom stereocenters. The number of nitrogens with zero attached hydrogens (tertiary/aromatic N) is 1. The fourth-order valence-corrected chi connectivity index (χ4v) is 3.02. The number of methoxy groups -OCH3 is 1. The number of nitrogens with two attached hydrogens (primary N) is 1. The summed E-state index contributed by atoms with van der Waals surface area (Å²) in [4.78, 5) is 14.5. The smallest absolute Gasteiger partial charge is 0.336 e. The highest BCUT2D eigenvalue weighted by Gasteiger charge is 2.25. The lowest BCUT2D eigenvalue weighted by atomic mass is 10.0. The summed E-state index contributed by atoms with van der Waals surface area (Å²) in [6.07, 6.45) is 0.742. The molecular formula is C20H23N3O2. The lowest BCUT2D eigenvalue weighted by molar-refractivity contribution is -0.136. The van der Waals surface area contributed by atoms with Crippen LogP contribution >= 0.6 is 0 Å². The van der Waals surface area contributed by atoms with Gasteiger partial charge in [-0.15, -0.1) is 0 Å². The molecule has 5 nitrogen and oxygen atoms in total. The van der Waals surface area contributed by atoms with Gasteiger partial charge in [0.2, 0.25) is 0 Å². The maximum absolute atomic E-state index is 12.3. The Hall–Kier alpha value is -2.79. The molecular weight excluding hydrogens is 314 g/mol. The number of benzene rings is 2. The van der Waals surface area contributed by atoms with Crippen molar-refractivity contribution in [3.8, 4) is 0 Å². The zero-order chi connectivity index (χ0) is 17.6. The SMILES string of the molecule is COC(=O)C1=C(Nc2ccccc2N)CCN(Cc2ccccc2)C1. The van der Waals surface area contributed by atoms with Crippen LogP contribution in [0.3, 0.4) is 0 Å². The normalized spacial score (nSPS) is 15.1. The summed E-state index contributed by atoms with van der Waals surface area (Å²) in [5.41, 5.74) is 10.3. The topological polar surface area (TPSA) is 67.6 Å². The average molecular weight is 337 g/mol. The van der Waals surface area contributed by atoms with Gasteiger partial charge in [-0.1, -0.05) is 42.5 Å². The molecule has 1 aliphatic heterocycles. The van der Waals surface area contributed by atoms with Crippen LogP contribution in [0.1, 0.15) is 12.0 Å². The monoisotopic (exact) mass is 337 g/mol. The van der Waals surface area contributed by atoms with E-state index in [2.05, 4.69) is 22.3 Å². The van der Waals surface area contributed by atoms with Crippen molar-refractivity contribution in [1.82, 2.24) is 4.90 Å². The number of carbonyl (C=O) groups excluding carboxylic acids is 1. The summed E-state index contributed by atoms with van der Waals surface area (Å²) in [5, 5.41) is 3.33. The Bertz CT molecular complexity index is 772. The molecule has 130 valence electrons. The molecule has 0 saturated carbocycles. The average Bonchev–Trinajstić information content (AvgIpc) is 2.65. The van der Waals surface area contributed by atoms with Crippen molar-refractivity contribution in [3.63, 3.8) is 0 Å². The molecule has 1 heterocycles. The lowest BCUT2D eigenvalue weighted by Gasteiger charge is -2.30. The molecule has 0 spiro atoms. The first-order chi connectivity index (χ1) is 12.2. The van der Waals surface area contributed by atoms with Gasteiger partial charge in [0.05, 0.1) is 24.1 Å². The summed E-state index contributed by atoms with van der Waals surface area (Å²) in [6.45, 7) is 2.23. The molecule has 3 rings (SSSR count). The van der Waals surface area contributed by atoms with Gasteiger partial charge < -0.3 is 15.8 Å². The number of para-hydroxylation sites is 2. The number of nitrogens with one attached hydrogen (secondary N) is 1. The quantitative estimate of drug-likeness (QED) is 0.648. The maximum atomic E-state index is 12.3. The zero-order valence-corrected chi connectivity index (χ0v) is 14.4. The Balaban J connectivity index is 1.80. The molecule has 0 radical (unpaired) electrons. The van der Waals surface area contributed by atoms with Crippen molar-refractivity contribution in [2.75, 3.05) is 31.2 Å². The van der Waals surface area contributed by atoms with E-state index < -0.39 is 0 Å². The van der Waals surface area contributed by atoms with Crippen molar-refractivity contribution >= 4 is 17.3 Å². The summed E-state index contributed by atoms with van der Waals surface area (Å²) >= 11 is 0. The minimum atomic E-state index is -0.297. The first-order valence-electron chi connectivity index (χ1n) is 8.35. The third-order valence-electron chi connectivity index (χ3n) is 4.35. The van der Waals surface area contributed by atoms with Gasteiger partial charge in [0.1, 0.15) is 0 Å². The molecule has 0 amide bonds. The van der Waals surface area contributed by atoms with Crippen molar-refractivity contribution in [2.45, 2.75) is 13.0 Å². The predicted octanol–water partition coefficient (Wildman–Crippen LogP) is 3.01. The minimum absolute atomic E-state index is 0.297. The molecule has 0 aliphatic carbocycles. The number of esters is 1. The number of rotatable bonds is 5. The molecule has 5 heteroatoms. The van der Waals surface area contributed by atoms with Crippen molar-refractivity contribution in [3.05, 3.63) is 71.4 Å². The molecule has 0 aromatic heterocycles. The molecule has 2 aromatic rings. The molecule has 0 saturated heterocycles. The number of hydrogen-bond donors (Lipinski definition) is 2. The molecule has 0 fully saturated rings. The summed E-state index contributed by atoms with van der Waals surface area (Å²) < 4.78 is 4.99. The maximum Gasteiger partial charge on any atom is 0.336 e. The van der Waals surface area contributed by atoms with Crippen LogP contribution in [-0.2, 0) is 16.1 Å². The van der Waals surface area contributed by atoms with Crippen LogP contribution < -0.4 is 11.1 Å². The van der Waals surface area contributed by atoms with E-state index >= 15 is 0 Å². The van der Waals surface area contributed by atoms with E-state index in [-0.39, 0.29) is 5.97 Å². The highest BCUT2D eigenvalue weighted by atomic mass is 16.5. The summed E-state index contributed by atoms with van der Waals surface area (Å²) in [5.74, 6) is -0.297. The van der Waals surface area contributed by atoms with Gasteiger partial charge >= 0.3 is 5.97 Å². The lowest BCUT2D eigenvalue weighted by Crippen LogP contribution is -2.35. The van der Waals surface area contributed by atoms with Gasteiger partial charge in [-0.3, -0.25) is 4.90 Å². The zero-order valence-electron chi connectivity index (χ0n) is 14.4. The van der Waals surface area contributed by atoms with Crippen LogP contribution in [0.2, 0.25) is 0 Å². The first-order valence-corrected chi connectivity index (χ1v) is 8.35. The van der Waals surface area contributed by atoms with Crippen LogP contribution in [-0.4, -0.2) is 31.1 Å². The van der Waals surface area contributed by atoms with Crippen molar-refractivity contribution < 1.29 is 9.53 Å². The molecule has 1 aliphatic rings. The third kappa shape index (κ3) is 4.19. The second kappa shape index (κ2) is 7.85. The highest BCUT2D eigenvalue weighted by Crippen LogP contribution is 2.25. The highest BCUT2D eigenvalue weighted by molar-refractivity contribution is 5.91. The number of carbonyl (C=O) groups is 1. The third-order valence-corrected chi connectivity index (χ3v) is 4.35. The van der Waals surface area contributed by atoms with E-state index in [4.69, 9.17) is 10.5 Å². The molecule has 2 aromatic carbocycles. The number of nitrogen functional groups attached to an aromatic ring is 1. The van der Waals surface area contributed by atoms with Gasteiger partial charge in [0.15, 0.2) is 0 Å².